The van der Waals surface area contributed by atoms with Gasteiger partial charge in [0.05, 0.1) is 5.56 Å². The van der Waals surface area contributed by atoms with Crippen LogP contribution >= 0.6 is 67.8 Å². The number of carbonyl (C=O) groups excluding carboxylic acids is 2. The van der Waals surface area contributed by atoms with E-state index in [0.717, 1.165) is 10.7 Å². The van der Waals surface area contributed by atoms with Crippen molar-refractivity contribution in [1.82, 2.24) is 0 Å². The Balaban J connectivity index is 2.76. The molecule has 4 nitrogen and oxygen atoms in total. The maximum Gasteiger partial charge on any atom is 0.387 e. The molecule has 0 fully saturated rings. The first-order chi connectivity index (χ1) is 9.38. The van der Waals surface area contributed by atoms with Gasteiger partial charge in [-0.3, -0.25) is 0 Å². The summed E-state index contributed by atoms with van der Waals surface area (Å²) in [7, 11) is 0. The van der Waals surface area contributed by atoms with Crippen molar-refractivity contribution in [2.45, 2.75) is 20.3 Å². The first kappa shape index (κ1) is 18.1. The zero-order valence-electron chi connectivity index (χ0n) is 10.7. The lowest BCUT2D eigenvalue weighted by Gasteiger charge is -2.07. The van der Waals surface area contributed by atoms with E-state index in [1.54, 1.807) is 19.1 Å². The Morgan fingerprint density at radius 1 is 1.15 bits per heavy atom. The quantitative estimate of drug-likeness (QED) is 0.166. The van der Waals surface area contributed by atoms with Gasteiger partial charge in [-0.1, -0.05) is 13.0 Å². The number of carbonyl (C=O) groups is 2. The third-order valence-electron chi connectivity index (χ3n) is 2.28. The molecule has 0 unspecified atom stereocenters. The zero-order chi connectivity index (χ0) is 15.3. The molecule has 20 heavy (non-hydrogen) atoms. The predicted molar refractivity (Wildman–Crippen MR) is 100 cm³/mol. The predicted octanol–water partition coefficient (Wildman–Crippen LogP) is 4.47. The SMILES string of the molecule is CCC=C(C)C(=O)OOC(=O)c1ccc(I)c(I)c1I. The Hall–Kier alpha value is 0.0900. The van der Waals surface area contributed by atoms with Crippen LogP contribution in [0, 0.1) is 10.7 Å². The van der Waals surface area contributed by atoms with Crippen molar-refractivity contribution in [2.24, 2.45) is 0 Å². The van der Waals surface area contributed by atoms with Crippen LogP contribution in [0.4, 0.5) is 0 Å². The summed E-state index contributed by atoms with van der Waals surface area (Å²) in [6, 6.07) is 3.46. The molecule has 1 rings (SSSR count). The maximum atomic E-state index is 11.9. The largest absolute Gasteiger partial charge is 0.387 e. The van der Waals surface area contributed by atoms with Crippen molar-refractivity contribution in [1.29, 1.82) is 0 Å². The molecule has 0 N–H and O–H groups in total. The summed E-state index contributed by atoms with van der Waals surface area (Å²) in [5.74, 6) is -1.34. The van der Waals surface area contributed by atoms with E-state index < -0.39 is 11.9 Å². The van der Waals surface area contributed by atoms with Gasteiger partial charge in [-0.05, 0) is 93.2 Å². The average molecular weight is 612 g/mol. The molecule has 0 spiro atoms. The molecule has 0 saturated heterocycles. The summed E-state index contributed by atoms with van der Waals surface area (Å²) in [5.41, 5.74) is 0.785. The fourth-order valence-corrected chi connectivity index (χ4v) is 3.39. The van der Waals surface area contributed by atoms with Gasteiger partial charge in [0.2, 0.25) is 0 Å². The van der Waals surface area contributed by atoms with Gasteiger partial charge < -0.3 is 0 Å². The topological polar surface area (TPSA) is 52.6 Å². The highest BCUT2D eigenvalue weighted by Gasteiger charge is 2.18. The van der Waals surface area contributed by atoms with Crippen LogP contribution in [0.15, 0.2) is 23.8 Å². The summed E-state index contributed by atoms with van der Waals surface area (Å²) in [5, 5.41) is 0. The fourth-order valence-electron chi connectivity index (χ4n) is 1.26. The zero-order valence-corrected chi connectivity index (χ0v) is 17.2. The molecular formula is C13H11I3O4. The Bertz CT molecular complexity index is 567. The molecule has 0 aliphatic heterocycles. The molecule has 0 aliphatic rings. The summed E-state index contributed by atoms with van der Waals surface area (Å²) in [6.07, 6.45) is 2.41. The second kappa shape index (κ2) is 8.51. The first-order valence-electron chi connectivity index (χ1n) is 5.61. The minimum absolute atomic E-state index is 0.375. The lowest BCUT2D eigenvalue weighted by molar-refractivity contribution is -0.229. The normalized spacial score (nSPS) is 11.2. The van der Waals surface area contributed by atoms with Crippen LogP contribution in [-0.4, -0.2) is 11.9 Å². The number of hydrogen-bond acceptors (Lipinski definition) is 4. The van der Waals surface area contributed by atoms with Crippen molar-refractivity contribution in [3.05, 3.63) is 40.1 Å². The highest BCUT2D eigenvalue weighted by atomic mass is 127. The highest BCUT2D eigenvalue weighted by molar-refractivity contribution is 14.1. The van der Waals surface area contributed by atoms with Gasteiger partial charge in [0, 0.05) is 16.3 Å². The fraction of sp³-hybridized carbons (Fsp3) is 0.231. The summed E-state index contributed by atoms with van der Waals surface area (Å²) >= 11 is 6.40. The summed E-state index contributed by atoms with van der Waals surface area (Å²) in [6.45, 7) is 3.51. The Labute approximate surface area is 158 Å². The van der Waals surface area contributed by atoms with E-state index in [4.69, 9.17) is 0 Å². The molecular weight excluding hydrogens is 601 g/mol. The third-order valence-corrected chi connectivity index (χ3v) is 7.48. The lowest BCUT2D eigenvalue weighted by atomic mass is 10.2. The summed E-state index contributed by atoms with van der Waals surface area (Å²) < 4.78 is 2.78. The van der Waals surface area contributed by atoms with E-state index in [1.807, 2.05) is 13.0 Å². The number of benzene rings is 1. The van der Waals surface area contributed by atoms with Gasteiger partial charge in [-0.2, -0.15) is 0 Å². The number of halogens is 3. The van der Waals surface area contributed by atoms with E-state index in [-0.39, 0.29) is 0 Å². The Morgan fingerprint density at radius 3 is 2.40 bits per heavy atom. The van der Waals surface area contributed by atoms with Crippen LogP contribution in [0.3, 0.4) is 0 Å². The maximum absolute atomic E-state index is 11.9. The monoisotopic (exact) mass is 612 g/mol. The molecule has 108 valence electrons. The summed E-state index contributed by atoms with van der Waals surface area (Å²) in [4.78, 5) is 32.5. The van der Waals surface area contributed by atoms with Crippen LogP contribution < -0.4 is 0 Å². The van der Waals surface area contributed by atoms with Crippen molar-refractivity contribution >= 4 is 79.7 Å². The Morgan fingerprint density at radius 2 is 1.80 bits per heavy atom. The molecule has 7 heteroatoms. The second-order valence-corrected chi connectivity index (χ2v) is 7.08. The van der Waals surface area contributed by atoms with Crippen molar-refractivity contribution in [3.8, 4) is 0 Å². The molecule has 0 radical (unpaired) electrons. The lowest BCUT2D eigenvalue weighted by Crippen LogP contribution is -2.14. The van der Waals surface area contributed by atoms with E-state index in [1.165, 1.54) is 0 Å². The van der Waals surface area contributed by atoms with Crippen LogP contribution in [0.1, 0.15) is 30.6 Å². The number of rotatable bonds is 3. The molecule has 0 aliphatic carbocycles. The van der Waals surface area contributed by atoms with Gasteiger partial charge in [0.1, 0.15) is 0 Å². The molecule has 0 aromatic heterocycles. The minimum Gasteiger partial charge on any atom is -0.242 e. The molecule has 0 heterocycles. The van der Waals surface area contributed by atoms with Crippen LogP contribution in [0.2, 0.25) is 0 Å². The van der Waals surface area contributed by atoms with E-state index in [0.29, 0.717) is 17.6 Å². The van der Waals surface area contributed by atoms with E-state index in [2.05, 4.69) is 77.5 Å². The minimum atomic E-state index is -0.679. The van der Waals surface area contributed by atoms with Gasteiger partial charge in [0.15, 0.2) is 0 Å². The smallest absolute Gasteiger partial charge is 0.242 e. The molecule has 0 saturated carbocycles. The van der Waals surface area contributed by atoms with Gasteiger partial charge >= 0.3 is 11.9 Å². The van der Waals surface area contributed by atoms with Gasteiger partial charge in [-0.15, -0.1) is 0 Å². The average Bonchev–Trinajstić information content (AvgIpc) is 2.42. The molecule has 0 bridgehead atoms. The third kappa shape index (κ3) is 4.83. The van der Waals surface area contributed by atoms with Crippen molar-refractivity contribution < 1.29 is 19.4 Å². The first-order valence-corrected chi connectivity index (χ1v) is 8.85. The van der Waals surface area contributed by atoms with E-state index >= 15 is 0 Å². The van der Waals surface area contributed by atoms with Crippen molar-refractivity contribution in [2.75, 3.05) is 0 Å². The van der Waals surface area contributed by atoms with Gasteiger partial charge in [-0.25, -0.2) is 19.4 Å². The molecule has 1 aromatic rings. The highest BCUT2D eigenvalue weighted by Crippen LogP contribution is 2.25. The second-order valence-electron chi connectivity index (χ2n) is 3.76. The number of allylic oxidation sites excluding steroid dienone is 1. The van der Waals surface area contributed by atoms with Crippen molar-refractivity contribution in [3.63, 3.8) is 0 Å². The van der Waals surface area contributed by atoms with Crippen LogP contribution in [-0.2, 0) is 14.6 Å². The standard InChI is InChI=1S/C13H11I3O4/c1-3-4-7(2)12(17)19-20-13(18)8-5-6-9(14)11(16)10(8)15/h4-6H,3H2,1-2H3. The van der Waals surface area contributed by atoms with Crippen LogP contribution in [0.25, 0.3) is 0 Å². The van der Waals surface area contributed by atoms with E-state index in [9.17, 15) is 9.59 Å². The molecule has 0 atom stereocenters. The van der Waals surface area contributed by atoms with Crippen LogP contribution in [0.5, 0.6) is 0 Å². The Kier molecular flexibility index (Phi) is 7.72. The van der Waals surface area contributed by atoms with Gasteiger partial charge in [0.25, 0.3) is 0 Å². The molecule has 0 amide bonds. The molecule has 1 aromatic carbocycles. The number of hydrogen-bond donors (Lipinski definition) is 0.